The fraction of sp³-hybridized carbons (Fsp3) is 0.246. The van der Waals surface area contributed by atoms with Crippen LogP contribution in [-0.2, 0) is 17.6 Å². The lowest BCUT2D eigenvalue weighted by Crippen LogP contribution is -2.43. The number of anilines is 3. The van der Waals surface area contributed by atoms with Crippen LogP contribution >= 0.6 is 0 Å². The van der Waals surface area contributed by atoms with Crippen molar-refractivity contribution in [1.82, 2.24) is 0 Å². The Morgan fingerprint density at radius 1 is 0.781 bits per heavy atom. The van der Waals surface area contributed by atoms with Crippen LogP contribution < -0.4 is 9.80 Å². The van der Waals surface area contributed by atoms with Crippen LogP contribution in [0.1, 0.15) is 85.8 Å². The molecule has 0 radical (unpaired) electrons. The highest BCUT2D eigenvalue weighted by Gasteiger charge is 2.39. The number of rotatable bonds is 22. The molecule has 6 atom stereocenters. The van der Waals surface area contributed by atoms with E-state index in [4.69, 9.17) is 4.74 Å². The van der Waals surface area contributed by atoms with Gasteiger partial charge in [-0.2, -0.15) is 0 Å². The third-order valence-corrected chi connectivity index (χ3v) is 12.8. The maximum Gasteiger partial charge on any atom is 0.144 e. The van der Waals surface area contributed by atoms with Crippen molar-refractivity contribution >= 4 is 35.3 Å². The van der Waals surface area contributed by atoms with Crippen LogP contribution in [-0.4, -0.2) is 18.2 Å². The molecule has 0 aliphatic heterocycles. The molecule has 3 heteroatoms. The summed E-state index contributed by atoms with van der Waals surface area (Å²) < 4.78 is 6.64. The highest BCUT2D eigenvalue weighted by atomic mass is 16.5. The van der Waals surface area contributed by atoms with E-state index in [-0.39, 0.29) is 23.8 Å². The Balaban J connectivity index is 1.86. The molecule has 3 aromatic carbocycles. The highest BCUT2D eigenvalue weighted by Crippen LogP contribution is 2.50. The molecular formula is C61H70N2O. The molecule has 0 N–H and O–H groups in total. The number of ether oxygens (including phenoxy) is 1. The van der Waals surface area contributed by atoms with Crippen LogP contribution in [0, 0.1) is 11.8 Å². The molecule has 330 valence electrons. The topological polar surface area (TPSA) is 15.7 Å². The Morgan fingerprint density at radius 3 is 1.92 bits per heavy atom. The van der Waals surface area contributed by atoms with E-state index in [2.05, 4.69) is 199 Å². The minimum absolute atomic E-state index is 0.0984. The molecular weight excluding hydrogens is 777 g/mol. The van der Waals surface area contributed by atoms with E-state index in [0.29, 0.717) is 12.2 Å². The number of hydrogen-bond donors (Lipinski definition) is 0. The van der Waals surface area contributed by atoms with Crippen molar-refractivity contribution in [1.29, 1.82) is 0 Å². The summed E-state index contributed by atoms with van der Waals surface area (Å²) in [7, 11) is 0. The van der Waals surface area contributed by atoms with Crippen molar-refractivity contribution < 1.29 is 4.74 Å². The minimum Gasteiger partial charge on any atom is -0.484 e. The second-order valence-corrected chi connectivity index (χ2v) is 16.5. The van der Waals surface area contributed by atoms with Crippen molar-refractivity contribution in [3.63, 3.8) is 0 Å². The molecule has 0 saturated heterocycles. The molecule has 3 aromatic rings. The average molecular weight is 847 g/mol. The molecule has 0 heterocycles. The van der Waals surface area contributed by atoms with Gasteiger partial charge in [0.25, 0.3) is 0 Å². The largest absolute Gasteiger partial charge is 0.484 e. The first-order valence-electron chi connectivity index (χ1n) is 22.8. The van der Waals surface area contributed by atoms with Crippen LogP contribution in [0.15, 0.2) is 210 Å². The van der Waals surface area contributed by atoms with E-state index in [9.17, 15) is 0 Å². The average Bonchev–Trinajstić information content (AvgIpc) is 3.43. The van der Waals surface area contributed by atoms with E-state index in [0.717, 1.165) is 82.7 Å². The Bertz CT molecular complexity index is 2360. The van der Waals surface area contributed by atoms with E-state index in [1.54, 1.807) is 6.08 Å². The second-order valence-electron chi connectivity index (χ2n) is 16.5. The molecule has 5 rings (SSSR count). The molecule has 0 aromatic heterocycles. The Labute approximate surface area is 386 Å². The van der Waals surface area contributed by atoms with Gasteiger partial charge in [-0.3, -0.25) is 0 Å². The molecule has 0 saturated carbocycles. The first-order valence-corrected chi connectivity index (χ1v) is 22.8. The molecule has 0 fully saturated rings. The van der Waals surface area contributed by atoms with Gasteiger partial charge in [0.1, 0.15) is 11.9 Å². The number of fused-ring (bicyclic) bond motifs is 1. The van der Waals surface area contributed by atoms with E-state index < -0.39 is 12.1 Å². The van der Waals surface area contributed by atoms with Gasteiger partial charge in [0, 0.05) is 40.4 Å². The van der Waals surface area contributed by atoms with Gasteiger partial charge in [0.05, 0.1) is 17.8 Å². The van der Waals surface area contributed by atoms with Gasteiger partial charge in [-0.15, -0.1) is 26.3 Å². The quantitative estimate of drug-likeness (QED) is 0.0569. The van der Waals surface area contributed by atoms with E-state index in [1.807, 2.05) is 31.2 Å². The lowest BCUT2D eigenvalue weighted by atomic mass is 9.73. The predicted molar refractivity (Wildman–Crippen MR) is 283 cm³/mol. The van der Waals surface area contributed by atoms with Gasteiger partial charge in [0.2, 0.25) is 0 Å². The first kappa shape index (κ1) is 48.5. The summed E-state index contributed by atoms with van der Waals surface area (Å²) >= 11 is 0. The summed E-state index contributed by atoms with van der Waals surface area (Å²) in [6.45, 7) is 50.6. The lowest BCUT2D eigenvalue weighted by Gasteiger charge is -2.45. The Kier molecular flexibility index (Phi) is 17.6. The SMILES string of the molecule is C=CC(=C)OC(C(=C)C/C=C\C)C(C=C)N(c1ccc(CC)cc1)c1cc2c(c(C=C)c1C=C)C=C(N(c1ccc(CC)cc1)C(C=C)C1CC/C=C\C=C/CC1=C)C(C=C)C2C=C. The minimum atomic E-state index is -0.532. The number of aryl methyl sites for hydroxylation is 2. The molecule has 0 amide bonds. The second kappa shape index (κ2) is 23.2. The maximum absolute atomic E-state index is 6.64. The molecule has 3 nitrogen and oxygen atoms in total. The van der Waals surface area contributed by atoms with Gasteiger partial charge in [-0.05, 0) is 121 Å². The third-order valence-electron chi connectivity index (χ3n) is 12.8. The number of nitrogens with zero attached hydrogens (tertiary/aromatic N) is 2. The number of hydrogen-bond acceptors (Lipinski definition) is 3. The summed E-state index contributed by atoms with van der Waals surface area (Å²) in [6, 6.07) is 19.5. The van der Waals surface area contributed by atoms with E-state index in [1.165, 1.54) is 16.7 Å². The molecule has 2 aliphatic carbocycles. The van der Waals surface area contributed by atoms with Crippen LogP contribution in [0.4, 0.5) is 17.1 Å². The van der Waals surface area contributed by atoms with Crippen molar-refractivity contribution in [2.75, 3.05) is 9.80 Å². The summed E-state index contributed by atoms with van der Waals surface area (Å²) in [5, 5.41) is 0. The predicted octanol–water partition coefficient (Wildman–Crippen LogP) is 16.4. The first-order chi connectivity index (χ1) is 31.1. The normalized spacial score (nSPS) is 19.4. The van der Waals surface area contributed by atoms with Gasteiger partial charge in [-0.1, -0.05) is 156 Å². The zero-order chi connectivity index (χ0) is 46.3. The number of allylic oxidation sites excluding steroid dienone is 9. The van der Waals surface area contributed by atoms with Crippen molar-refractivity contribution in [2.45, 2.75) is 83.4 Å². The molecule has 64 heavy (non-hydrogen) atoms. The van der Waals surface area contributed by atoms with Crippen LogP contribution in [0.25, 0.3) is 18.2 Å². The molecule has 6 unspecified atom stereocenters. The lowest BCUT2D eigenvalue weighted by molar-refractivity contribution is 0.143. The fourth-order valence-corrected chi connectivity index (χ4v) is 9.28. The standard InChI is InChI=1S/C61H70N2O/c1-14-24-30-44(12)61(64-45(13)15-2)58(23-10)63(49-39-35-47(17-4)36-40-49)60-42-56-50(18-5)52(20-7)59(41-55(56)51(19-6)53(60)21-8)62(48-37-33-46(16-3)34-38-48)57(22-9)54-32-29-27-25-26-28-31-43(54)11/h14-15,18-28,33-42,50,52,54,57-58,61H,2,5-13,16-17,29-32H2,1,3-4H3/b24-14-,27-25-,28-26-. The van der Waals surface area contributed by atoms with E-state index >= 15 is 0 Å². The van der Waals surface area contributed by atoms with Crippen LogP contribution in [0.5, 0.6) is 0 Å². The molecule has 0 bridgehead atoms. The molecule has 2 aliphatic rings. The van der Waals surface area contributed by atoms with Crippen molar-refractivity contribution in [3.8, 4) is 0 Å². The summed E-state index contributed by atoms with van der Waals surface area (Å²) in [5.74, 6) is 0.277. The zero-order valence-corrected chi connectivity index (χ0v) is 38.9. The van der Waals surface area contributed by atoms with Crippen molar-refractivity contribution in [2.24, 2.45) is 11.8 Å². The Hall–Kier alpha value is -6.58. The summed E-state index contributed by atoms with van der Waals surface area (Å²) in [6.07, 6.45) is 33.6. The highest BCUT2D eigenvalue weighted by molar-refractivity contribution is 5.88. The van der Waals surface area contributed by atoms with Gasteiger partial charge < -0.3 is 14.5 Å². The summed E-state index contributed by atoms with van der Waals surface area (Å²) in [4.78, 5) is 4.80. The van der Waals surface area contributed by atoms with Gasteiger partial charge >= 0.3 is 0 Å². The number of benzene rings is 3. The van der Waals surface area contributed by atoms with Crippen molar-refractivity contribution in [3.05, 3.63) is 243 Å². The zero-order valence-electron chi connectivity index (χ0n) is 38.9. The summed E-state index contributed by atoms with van der Waals surface area (Å²) in [5.41, 5.74) is 12.7. The monoisotopic (exact) mass is 847 g/mol. The van der Waals surface area contributed by atoms with Crippen LogP contribution in [0.2, 0.25) is 0 Å². The van der Waals surface area contributed by atoms with Gasteiger partial charge in [-0.25, -0.2) is 0 Å². The third kappa shape index (κ3) is 10.4. The molecule has 0 spiro atoms. The fourth-order valence-electron chi connectivity index (χ4n) is 9.28. The van der Waals surface area contributed by atoms with Gasteiger partial charge in [0.15, 0.2) is 0 Å². The Morgan fingerprint density at radius 2 is 1.39 bits per heavy atom. The van der Waals surface area contributed by atoms with Crippen LogP contribution in [0.3, 0.4) is 0 Å². The smallest absolute Gasteiger partial charge is 0.144 e. The maximum atomic E-state index is 6.64.